The molecule has 0 heterocycles. The Morgan fingerprint density at radius 3 is 1.89 bits per heavy atom. The second kappa shape index (κ2) is 3.62. The first-order valence-electron chi connectivity index (χ1n) is 3.30. The summed E-state index contributed by atoms with van der Waals surface area (Å²) in [5.41, 5.74) is 5.55. The van der Waals surface area contributed by atoms with E-state index < -0.39 is 0 Å². The summed E-state index contributed by atoms with van der Waals surface area (Å²) in [6.45, 7) is 5.80. The van der Waals surface area contributed by atoms with Gasteiger partial charge in [0.15, 0.2) is 0 Å². The molecule has 0 rings (SSSR count). The summed E-state index contributed by atoms with van der Waals surface area (Å²) < 4.78 is 0. The van der Waals surface area contributed by atoms with Crippen molar-refractivity contribution >= 4 is 6.29 Å². The van der Waals surface area contributed by atoms with E-state index >= 15 is 0 Å². The van der Waals surface area contributed by atoms with E-state index in [2.05, 4.69) is 0 Å². The van der Waals surface area contributed by atoms with Gasteiger partial charge in [-0.1, -0.05) is 13.8 Å². The van der Waals surface area contributed by atoms with Crippen molar-refractivity contribution in [2.24, 2.45) is 17.6 Å². The Balaban J connectivity index is 3.71. The lowest BCUT2D eigenvalue weighted by molar-refractivity contribution is -0.112. The van der Waals surface area contributed by atoms with Crippen molar-refractivity contribution in [3.63, 3.8) is 0 Å². The molecule has 0 saturated carbocycles. The van der Waals surface area contributed by atoms with Crippen LogP contribution in [0.1, 0.15) is 20.8 Å². The largest absolute Gasteiger partial charge is 0.328 e. The van der Waals surface area contributed by atoms with E-state index in [1.165, 1.54) is 0 Å². The van der Waals surface area contributed by atoms with Crippen LogP contribution in [-0.2, 0) is 4.79 Å². The van der Waals surface area contributed by atoms with Gasteiger partial charge >= 0.3 is 0 Å². The quantitative estimate of drug-likeness (QED) is 0.573. The fraction of sp³-hybridized carbons (Fsp3) is 0.857. The van der Waals surface area contributed by atoms with E-state index in [0.717, 1.165) is 6.29 Å². The van der Waals surface area contributed by atoms with Crippen LogP contribution in [0.4, 0.5) is 0 Å². The molecular weight excluding hydrogens is 114 g/mol. The first-order valence-corrected chi connectivity index (χ1v) is 3.30. The highest BCUT2D eigenvalue weighted by Crippen LogP contribution is 2.10. The molecule has 0 aromatic rings. The third-order valence-corrected chi connectivity index (χ3v) is 1.87. The van der Waals surface area contributed by atoms with Crippen LogP contribution in [0.3, 0.4) is 0 Å². The number of nitrogens with two attached hydrogens (primary N) is 1. The van der Waals surface area contributed by atoms with Crippen molar-refractivity contribution in [2.45, 2.75) is 26.8 Å². The third-order valence-electron chi connectivity index (χ3n) is 1.87. The molecule has 2 heteroatoms. The van der Waals surface area contributed by atoms with Crippen LogP contribution in [0, 0.1) is 11.8 Å². The maximum absolute atomic E-state index is 10.2. The van der Waals surface area contributed by atoms with Crippen molar-refractivity contribution in [3.8, 4) is 0 Å². The van der Waals surface area contributed by atoms with E-state index in [-0.39, 0.29) is 12.0 Å². The van der Waals surface area contributed by atoms with E-state index in [9.17, 15) is 4.79 Å². The lowest BCUT2D eigenvalue weighted by Crippen LogP contribution is -2.29. The summed E-state index contributed by atoms with van der Waals surface area (Å²) in [6, 6.07) is 0.116. The predicted octanol–water partition coefficient (Wildman–Crippen LogP) is 0.805. The van der Waals surface area contributed by atoms with E-state index in [1.54, 1.807) is 0 Å². The highest BCUT2D eigenvalue weighted by atomic mass is 16.1. The molecular formula is C7H15NO. The summed E-state index contributed by atoms with van der Waals surface area (Å²) in [5, 5.41) is 0. The van der Waals surface area contributed by atoms with E-state index in [4.69, 9.17) is 5.73 Å². The SMILES string of the molecule is CC(N)[C@H](C)[C@@H](C)C=O. The summed E-state index contributed by atoms with van der Waals surface area (Å²) >= 11 is 0. The summed E-state index contributed by atoms with van der Waals surface area (Å²) in [4.78, 5) is 10.2. The highest BCUT2D eigenvalue weighted by molar-refractivity contribution is 5.53. The lowest BCUT2D eigenvalue weighted by Gasteiger charge is -2.17. The Hall–Kier alpha value is -0.370. The molecule has 1 unspecified atom stereocenters. The van der Waals surface area contributed by atoms with Gasteiger partial charge in [-0.3, -0.25) is 0 Å². The molecule has 3 atom stereocenters. The maximum atomic E-state index is 10.2. The Bertz CT molecular complexity index is 90.9. The van der Waals surface area contributed by atoms with Gasteiger partial charge in [-0.25, -0.2) is 0 Å². The lowest BCUT2D eigenvalue weighted by atomic mass is 9.92. The molecule has 0 amide bonds. The second-order valence-corrected chi connectivity index (χ2v) is 2.71. The third kappa shape index (κ3) is 2.61. The van der Waals surface area contributed by atoms with Crippen molar-refractivity contribution in [1.29, 1.82) is 0 Å². The molecule has 0 aliphatic carbocycles. The fourth-order valence-corrected chi connectivity index (χ4v) is 0.603. The minimum atomic E-state index is 0.0880. The normalized spacial score (nSPS) is 20.4. The molecule has 0 aromatic carbocycles. The number of carbonyl (C=O) groups is 1. The zero-order chi connectivity index (χ0) is 7.44. The van der Waals surface area contributed by atoms with Crippen LogP contribution < -0.4 is 5.73 Å². The smallest absolute Gasteiger partial charge is 0.123 e. The summed E-state index contributed by atoms with van der Waals surface area (Å²) in [7, 11) is 0. The molecule has 0 aliphatic heterocycles. The van der Waals surface area contributed by atoms with Crippen LogP contribution >= 0.6 is 0 Å². The monoisotopic (exact) mass is 129 g/mol. The number of hydrogen-bond donors (Lipinski definition) is 1. The minimum Gasteiger partial charge on any atom is -0.328 e. The molecule has 2 N–H and O–H groups in total. The van der Waals surface area contributed by atoms with Crippen molar-refractivity contribution in [1.82, 2.24) is 0 Å². The molecule has 0 fully saturated rings. The van der Waals surface area contributed by atoms with Crippen molar-refractivity contribution in [2.75, 3.05) is 0 Å². The summed E-state index contributed by atoms with van der Waals surface area (Å²) in [6.07, 6.45) is 0.952. The first kappa shape index (κ1) is 8.63. The van der Waals surface area contributed by atoms with Gasteiger partial charge in [0.2, 0.25) is 0 Å². The molecule has 0 aromatic heterocycles. The number of aldehydes is 1. The van der Waals surface area contributed by atoms with Crippen LogP contribution in [-0.4, -0.2) is 12.3 Å². The van der Waals surface area contributed by atoms with Crippen molar-refractivity contribution in [3.05, 3.63) is 0 Å². The van der Waals surface area contributed by atoms with Crippen LogP contribution in [0.5, 0.6) is 0 Å². The van der Waals surface area contributed by atoms with Gasteiger partial charge in [-0.2, -0.15) is 0 Å². The predicted molar refractivity (Wildman–Crippen MR) is 38.0 cm³/mol. The van der Waals surface area contributed by atoms with Crippen molar-refractivity contribution < 1.29 is 4.79 Å². The van der Waals surface area contributed by atoms with Gasteiger partial charge < -0.3 is 10.5 Å². The van der Waals surface area contributed by atoms with Gasteiger partial charge in [0.1, 0.15) is 6.29 Å². The van der Waals surface area contributed by atoms with Gasteiger partial charge in [0.05, 0.1) is 0 Å². The van der Waals surface area contributed by atoms with Crippen LogP contribution in [0.15, 0.2) is 0 Å². The maximum Gasteiger partial charge on any atom is 0.123 e. The molecule has 54 valence electrons. The molecule has 0 radical (unpaired) electrons. The molecule has 0 spiro atoms. The van der Waals surface area contributed by atoms with Crippen LogP contribution in [0.2, 0.25) is 0 Å². The van der Waals surface area contributed by atoms with Gasteiger partial charge in [-0.05, 0) is 12.8 Å². The Morgan fingerprint density at radius 2 is 1.78 bits per heavy atom. The average Bonchev–Trinajstić information content (AvgIpc) is 1.84. The number of carbonyl (C=O) groups excluding carboxylic acids is 1. The number of rotatable bonds is 3. The standard InChI is InChI=1S/C7H15NO/c1-5(4-9)6(2)7(3)8/h4-7H,8H2,1-3H3/t5-,6+,7?/m0/s1. The Labute approximate surface area is 56.4 Å². The average molecular weight is 129 g/mol. The topological polar surface area (TPSA) is 43.1 Å². The van der Waals surface area contributed by atoms with E-state index in [1.807, 2.05) is 20.8 Å². The minimum absolute atomic E-state index is 0.0880. The first-order chi connectivity index (χ1) is 4.09. The van der Waals surface area contributed by atoms with Gasteiger partial charge in [0, 0.05) is 12.0 Å². The second-order valence-electron chi connectivity index (χ2n) is 2.71. The molecule has 9 heavy (non-hydrogen) atoms. The summed E-state index contributed by atoms with van der Waals surface area (Å²) in [5.74, 6) is 0.382. The van der Waals surface area contributed by atoms with E-state index in [0.29, 0.717) is 5.92 Å². The van der Waals surface area contributed by atoms with Crippen LogP contribution in [0.25, 0.3) is 0 Å². The fourth-order valence-electron chi connectivity index (χ4n) is 0.603. The zero-order valence-corrected chi connectivity index (χ0v) is 6.29. The zero-order valence-electron chi connectivity index (χ0n) is 6.29. The highest BCUT2D eigenvalue weighted by Gasteiger charge is 2.14. The van der Waals surface area contributed by atoms with Gasteiger partial charge in [-0.15, -0.1) is 0 Å². The Morgan fingerprint density at radius 1 is 1.33 bits per heavy atom. The number of hydrogen-bond acceptors (Lipinski definition) is 2. The molecule has 2 nitrogen and oxygen atoms in total. The molecule has 0 aliphatic rings. The Kier molecular flexibility index (Phi) is 3.47. The van der Waals surface area contributed by atoms with Gasteiger partial charge in [0.25, 0.3) is 0 Å². The molecule has 0 saturated heterocycles. The molecule has 0 bridgehead atoms.